The number of nitrogens with zero attached hydrogens (tertiary/aromatic N) is 2. The topological polar surface area (TPSA) is 17.8 Å². The van der Waals surface area contributed by atoms with E-state index in [1.165, 1.54) is 13.8 Å². The average molecular weight is 258 g/mol. The third-order valence-corrected chi connectivity index (χ3v) is 2.69. The normalized spacial score (nSPS) is 24.1. The van der Waals surface area contributed by atoms with Crippen LogP contribution in [0.3, 0.4) is 0 Å². The number of hydrogen-bond donors (Lipinski definition) is 0. The van der Waals surface area contributed by atoms with Crippen molar-refractivity contribution in [2.75, 3.05) is 0 Å². The summed E-state index contributed by atoms with van der Waals surface area (Å²) in [5, 5.41) is 3.14. The van der Waals surface area contributed by atoms with E-state index in [0.29, 0.717) is 6.20 Å². The standard InChI is InChI=1S/C9H8F6N2/c1-4(2)17-3-5-6(16-17)8(12,13)9(14,15)7(5,10)11/h3-4H,1-2H3. The highest BCUT2D eigenvalue weighted by Crippen LogP contribution is 2.62. The Kier molecular flexibility index (Phi) is 2.14. The molecule has 0 saturated carbocycles. The molecule has 0 aliphatic heterocycles. The van der Waals surface area contributed by atoms with Crippen LogP contribution in [0.25, 0.3) is 0 Å². The first-order chi connectivity index (χ1) is 7.53. The molecule has 0 spiro atoms. The lowest BCUT2D eigenvalue weighted by atomic mass is 10.1. The van der Waals surface area contributed by atoms with Gasteiger partial charge in [-0.05, 0) is 13.8 Å². The Balaban J connectivity index is 2.67. The first kappa shape index (κ1) is 12.3. The van der Waals surface area contributed by atoms with Gasteiger partial charge in [-0.1, -0.05) is 0 Å². The van der Waals surface area contributed by atoms with Gasteiger partial charge < -0.3 is 0 Å². The van der Waals surface area contributed by atoms with Crippen LogP contribution < -0.4 is 0 Å². The number of fused-ring (bicyclic) bond motifs is 1. The zero-order chi connectivity index (χ0) is 13.2. The van der Waals surface area contributed by atoms with Gasteiger partial charge in [-0.15, -0.1) is 0 Å². The number of aromatic nitrogens is 2. The Labute approximate surface area is 92.2 Å². The maximum atomic E-state index is 13.2. The summed E-state index contributed by atoms with van der Waals surface area (Å²) in [6.45, 7) is 3.02. The summed E-state index contributed by atoms with van der Waals surface area (Å²) in [6, 6.07) is -0.471. The van der Waals surface area contributed by atoms with Gasteiger partial charge in [-0.25, -0.2) is 0 Å². The van der Waals surface area contributed by atoms with Crippen molar-refractivity contribution >= 4 is 0 Å². The highest BCUT2D eigenvalue weighted by Gasteiger charge is 2.80. The van der Waals surface area contributed by atoms with E-state index >= 15 is 0 Å². The van der Waals surface area contributed by atoms with Crippen molar-refractivity contribution in [3.05, 3.63) is 17.5 Å². The highest BCUT2D eigenvalue weighted by atomic mass is 19.3. The van der Waals surface area contributed by atoms with Gasteiger partial charge in [0.15, 0.2) is 0 Å². The molecule has 1 aromatic rings. The van der Waals surface area contributed by atoms with Crippen molar-refractivity contribution in [1.82, 2.24) is 9.78 Å². The summed E-state index contributed by atoms with van der Waals surface area (Å²) in [4.78, 5) is 0. The average Bonchev–Trinajstić information content (AvgIpc) is 2.64. The van der Waals surface area contributed by atoms with Crippen LogP contribution in [0.4, 0.5) is 26.3 Å². The van der Waals surface area contributed by atoms with Crippen molar-refractivity contribution in [3.8, 4) is 0 Å². The van der Waals surface area contributed by atoms with Crippen LogP contribution in [0.5, 0.6) is 0 Å². The van der Waals surface area contributed by atoms with Crippen LogP contribution >= 0.6 is 0 Å². The summed E-state index contributed by atoms with van der Waals surface area (Å²) in [5.74, 6) is -15.3. The maximum absolute atomic E-state index is 13.2. The second kappa shape index (κ2) is 2.97. The molecule has 8 heteroatoms. The van der Waals surface area contributed by atoms with E-state index < -0.39 is 35.1 Å². The van der Waals surface area contributed by atoms with Crippen LogP contribution in [-0.4, -0.2) is 15.7 Å². The lowest BCUT2D eigenvalue weighted by molar-refractivity contribution is -0.303. The Morgan fingerprint density at radius 2 is 1.59 bits per heavy atom. The van der Waals surface area contributed by atoms with E-state index in [-0.39, 0.29) is 0 Å². The summed E-state index contributed by atoms with van der Waals surface area (Å²) >= 11 is 0. The highest BCUT2D eigenvalue weighted by molar-refractivity contribution is 5.38. The van der Waals surface area contributed by atoms with Crippen molar-refractivity contribution < 1.29 is 26.3 Å². The van der Waals surface area contributed by atoms with Crippen LogP contribution in [0.15, 0.2) is 6.20 Å². The van der Waals surface area contributed by atoms with E-state index in [4.69, 9.17) is 0 Å². The molecule has 96 valence electrons. The van der Waals surface area contributed by atoms with Gasteiger partial charge in [-0.2, -0.15) is 31.4 Å². The molecule has 1 aliphatic carbocycles. The first-order valence-electron chi connectivity index (χ1n) is 4.77. The molecule has 1 aromatic heterocycles. The Morgan fingerprint density at radius 1 is 1.06 bits per heavy atom. The molecular weight excluding hydrogens is 250 g/mol. The Bertz CT molecular complexity index is 427. The molecule has 1 aliphatic rings. The molecule has 0 unspecified atom stereocenters. The molecule has 0 saturated heterocycles. The molecule has 0 bridgehead atoms. The van der Waals surface area contributed by atoms with Gasteiger partial charge in [-0.3, -0.25) is 4.68 Å². The van der Waals surface area contributed by atoms with Gasteiger partial charge in [0, 0.05) is 12.2 Å². The second-order valence-corrected chi connectivity index (χ2v) is 4.19. The molecule has 2 nitrogen and oxygen atoms in total. The fourth-order valence-corrected chi connectivity index (χ4v) is 1.63. The Hall–Kier alpha value is -1.21. The molecule has 0 fully saturated rings. The van der Waals surface area contributed by atoms with Gasteiger partial charge in [0.1, 0.15) is 5.69 Å². The molecule has 1 heterocycles. The maximum Gasteiger partial charge on any atom is 0.382 e. The fraction of sp³-hybridized carbons (Fsp3) is 0.667. The first-order valence-corrected chi connectivity index (χ1v) is 4.77. The second-order valence-electron chi connectivity index (χ2n) is 4.19. The summed E-state index contributed by atoms with van der Waals surface area (Å²) in [5.41, 5.74) is -2.94. The lowest BCUT2D eigenvalue weighted by Gasteiger charge is -2.24. The van der Waals surface area contributed by atoms with Crippen molar-refractivity contribution in [2.45, 2.75) is 37.7 Å². The zero-order valence-corrected chi connectivity index (χ0v) is 8.82. The van der Waals surface area contributed by atoms with E-state index in [1.54, 1.807) is 0 Å². The Morgan fingerprint density at radius 3 is 2.00 bits per heavy atom. The predicted molar refractivity (Wildman–Crippen MR) is 45.3 cm³/mol. The molecule has 0 atom stereocenters. The SMILES string of the molecule is CC(C)n1cc2c(n1)C(F)(F)C(F)(F)C2(F)F. The van der Waals surface area contributed by atoms with Gasteiger partial charge in [0.2, 0.25) is 0 Å². The minimum Gasteiger partial charge on any atom is -0.269 e. The quantitative estimate of drug-likeness (QED) is 0.707. The van der Waals surface area contributed by atoms with Gasteiger partial charge in [0.05, 0.1) is 5.56 Å². The van der Waals surface area contributed by atoms with Crippen LogP contribution in [0.1, 0.15) is 31.1 Å². The zero-order valence-electron chi connectivity index (χ0n) is 8.82. The van der Waals surface area contributed by atoms with Crippen molar-refractivity contribution in [2.24, 2.45) is 0 Å². The van der Waals surface area contributed by atoms with E-state index in [1.807, 2.05) is 0 Å². The third-order valence-electron chi connectivity index (χ3n) is 2.69. The summed E-state index contributed by atoms with van der Waals surface area (Å²) in [7, 11) is 0. The van der Waals surface area contributed by atoms with Crippen LogP contribution in [-0.2, 0) is 11.8 Å². The number of rotatable bonds is 1. The lowest BCUT2D eigenvalue weighted by Crippen LogP contribution is -2.44. The summed E-state index contributed by atoms with van der Waals surface area (Å²) < 4.78 is 79.4. The smallest absolute Gasteiger partial charge is 0.269 e. The summed E-state index contributed by atoms with van der Waals surface area (Å²) in [6.07, 6.45) is 0.550. The molecule has 2 rings (SSSR count). The molecular formula is C9H8F6N2. The predicted octanol–water partition coefficient (Wildman–Crippen LogP) is 3.30. The molecule has 0 aromatic carbocycles. The van der Waals surface area contributed by atoms with Crippen LogP contribution in [0, 0.1) is 0 Å². The van der Waals surface area contributed by atoms with E-state index in [9.17, 15) is 26.3 Å². The monoisotopic (exact) mass is 258 g/mol. The minimum absolute atomic E-state index is 0.471. The molecule has 0 amide bonds. The third kappa shape index (κ3) is 1.21. The largest absolute Gasteiger partial charge is 0.382 e. The van der Waals surface area contributed by atoms with Gasteiger partial charge >= 0.3 is 17.8 Å². The van der Waals surface area contributed by atoms with Crippen molar-refractivity contribution in [1.29, 1.82) is 0 Å². The van der Waals surface area contributed by atoms with Gasteiger partial charge in [0.25, 0.3) is 0 Å². The molecule has 0 N–H and O–H groups in total. The number of halogens is 6. The molecule has 17 heavy (non-hydrogen) atoms. The minimum atomic E-state index is -5.44. The number of hydrogen-bond acceptors (Lipinski definition) is 1. The fourth-order valence-electron chi connectivity index (χ4n) is 1.63. The number of alkyl halides is 6. The van der Waals surface area contributed by atoms with E-state index in [2.05, 4.69) is 5.10 Å². The van der Waals surface area contributed by atoms with E-state index in [0.717, 1.165) is 4.68 Å². The van der Waals surface area contributed by atoms with Crippen LogP contribution in [0.2, 0.25) is 0 Å². The van der Waals surface area contributed by atoms with Crippen molar-refractivity contribution in [3.63, 3.8) is 0 Å². The molecule has 0 radical (unpaired) electrons.